The summed E-state index contributed by atoms with van der Waals surface area (Å²) in [6.07, 6.45) is 2.59. The largest absolute Gasteiger partial charge is 0.494 e. The molecule has 4 rings (SSSR count). The molecule has 1 aliphatic rings. The monoisotopic (exact) mass is 498 g/mol. The molecule has 0 heterocycles. The molecule has 1 saturated carbocycles. The molecule has 1 fully saturated rings. The Bertz CT molecular complexity index is 1220. The van der Waals surface area contributed by atoms with Gasteiger partial charge in [-0.25, -0.2) is 18.0 Å². The lowest BCUT2D eigenvalue weighted by atomic mass is 9.76. The van der Waals surface area contributed by atoms with E-state index in [-0.39, 0.29) is 28.7 Å². The van der Waals surface area contributed by atoms with Crippen molar-refractivity contribution in [3.63, 3.8) is 0 Å². The van der Waals surface area contributed by atoms with Crippen LogP contribution >= 0.6 is 0 Å². The molecule has 36 heavy (non-hydrogen) atoms. The van der Waals surface area contributed by atoms with Gasteiger partial charge in [-0.3, -0.25) is 0 Å². The first-order valence-corrected chi connectivity index (χ1v) is 12.2. The number of carbonyl (C=O) groups excluding carboxylic acids is 1. The van der Waals surface area contributed by atoms with Gasteiger partial charge >= 0.3 is 5.97 Å². The minimum absolute atomic E-state index is 0.0756. The number of esters is 1. The highest BCUT2D eigenvalue weighted by Crippen LogP contribution is 2.40. The number of halogens is 3. The zero-order chi connectivity index (χ0) is 25.8. The maximum absolute atomic E-state index is 15.0. The molecule has 0 amide bonds. The molecular weight excluding hydrogens is 469 g/mol. The van der Waals surface area contributed by atoms with Gasteiger partial charge in [-0.1, -0.05) is 24.3 Å². The standard InChI is InChI=1S/C29H29F3O4/c1-3-35-22-12-13-25(26(30)16-22)29(34)36-21-10-8-20(9-11-21)24-15-14-23(27(31)28(24)32)19-6-4-18(5-7-19)17(2)33/h8-19,33H,3-7H2,1-2H3. The minimum Gasteiger partial charge on any atom is -0.494 e. The van der Waals surface area contributed by atoms with Gasteiger partial charge in [0, 0.05) is 11.6 Å². The summed E-state index contributed by atoms with van der Waals surface area (Å²) in [5.74, 6) is -2.84. The van der Waals surface area contributed by atoms with Gasteiger partial charge in [0.05, 0.1) is 18.3 Å². The number of aliphatic hydroxyl groups is 1. The molecule has 0 radical (unpaired) electrons. The second-order valence-electron chi connectivity index (χ2n) is 9.17. The van der Waals surface area contributed by atoms with Crippen LogP contribution in [0.4, 0.5) is 13.2 Å². The highest BCUT2D eigenvalue weighted by atomic mass is 19.2. The van der Waals surface area contributed by atoms with Gasteiger partial charge in [-0.15, -0.1) is 0 Å². The van der Waals surface area contributed by atoms with Gasteiger partial charge in [0.2, 0.25) is 0 Å². The maximum Gasteiger partial charge on any atom is 0.346 e. The van der Waals surface area contributed by atoms with Crippen LogP contribution in [0.2, 0.25) is 0 Å². The highest BCUT2D eigenvalue weighted by Gasteiger charge is 2.28. The third-order valence-electron chi connectivity index (χ3n) is 6.85. The predicted octanol–water partition coefficient (Wildman–Crippen LogP) is 7.04. The van der Waals surface area contributed by atoms with Gasteiger partial charge in [0.15, 0.2) is 11.6 Å². The van der Waals surface area contributed by atoms with E-state index in [2.05, 4.69) is 0 Å². The summed E-state index contributed by atoms with van der Waals surface area (Å²) >= 11 is 0. The SMILES string of the molecule is CCOc1ccc(C(=O)Oc2ccc(-c3ccc(C4CCC(C(C)O)CC4)c(F)c3F)cc2)c(F)c1. The topological polar surface area (TPSA) is 55.8 Å². The fourth-order valence-corrected chi connectivity index (χ4v) is 4.80. The summed E-state index contributed by atoms with van der Waals surface area (Å²) in [6.45, 7) is 3.90. The van der Waals surface area contributed by atoms with Crippen molar-refractivity contribution in [1.82, 2.24) is 0 Å². The molecule has 1 atom stereocenters. The lowest BCUT2D eigenvalue weighted by Crippen LogP contribution is -2.23. The molecule has 1 aliphatic carbocycles. The van der Waals surface area contributed by atoms with Crippen LogP contribution in [-0.4, -0.2) is 23.8 Å². The van der Waals surface area contributed by atoms with Crippen LogP contribution in [0.5, 0.6) is 11.5 Å². The second-order valence-corrected chi connectivity index (χ2v) is 9.17. The Hall–Kier alpha value is -3.32. The van der Waals surface area contributed by atoms with Crippen molar-refractivity contribution >= 4 is 5.97 Å². The van der Waals surface area contributed by atoms with Crippen molar-refractivity contribution in [2.45, 2.75) is 51.6 Å². The third-order valence-corrected chi connectivity index (χ3v) is 6.85. The Balaban J connectivity index is 1.46. The van der Waals surface area contributed by atoms with Crippen molar-refractivity contribution in [2.75, 3.05) is 6.61 Å². The van der Waals surface area contributed by atoms with Crippen molar-refractivity contribution in [3.05, 3.63) is 83.2 Å². The van der Waals surface area contributed by atoms with E-state index in [0.717, 1.165) is 18.9 Å². The van der Waals surface area contributed by atoms with Gasteiger partial charge < -0.3 is 14.6 Å². The first-order chi connectivity index (χ1) is 17.3. The molecule has 190 valence electrons. The van der Waals surface area contributed by atoms with Crippen LogP contribution in [0.25, 0.3) is 11.1 Å². The van der Waals surface area contributed by atoms with E-state index in [1.165, 1.54) is 36.4 Å². The zero-order valence-electron chi connectivity index (χ0n) is 20.3. The average Bonchev–Trinajstić information content (AvgIpc) is 2.86. The van der Waals surface area contributed by atoms with Crippen LogP contribution in [0.3, 0.4) is 0 Å². The number of hydrogen-bond acceptors (Lipinski definition) is 4. The van der Waals surface area contributed by atoms with Crippen molar-refractivity contribution in [3.8, 4) is 22.6 Å². The lowest BCUT2D eigenvalue weighted by Gasteiger charge is -2.30. The minimum atomic E-state index is -0.925. The van der Waals surface area contributed by atoms with Crippen molar-refractivity contribution < 1.29 is 32.5 Å². The number of ether oxygens (including phenoxy) is 2. The van der Waals surface area contributed by atoms with Gasteiger partial charge in [0.1, 0.15) is 17.3 Å². The summed E-state index contributed by atoms with van der Waals surface area (Å²) in [5, 5.41) is 9.78. The number of benzene rings is 3. The smallest absolute Gasteiger partial charge is 0.346 e. The lowest BCUT2D eigenvalue weighted by molar-refractivity contribution is 0.0729. The summed E-state index contributed by atoms with van der Waals surface area (Å²) < 4.78 is 54.7. The van der Waals surface area contributed by atoms with E-state index < -0.39 is 29.5 Å². The fraction of sp³-hybridized carbons (Fsp3) is 0.345. The molecule has 0 aromatic heterocycles. The van der Waals surface area contributed by atoms with E-state index in [1.807, 2.05) is 0 Å². The number of aliphatic hydroxyl groups excluding tert-OH is 1. The number of carbonyl (C=O) groups is 1. The molecule has 0 aliphatic heterocycles. The van der Waals surface area contributed by atoms with Gasteiger partial charge in [-0.05, 0) is 86.8 Å². The third kappa shape index (κ3) is 5.57. The molecule has 3 aromatic carbocycles. The summed E-state index contributed by atoms with van der Waals surface area (Å²) in [7, 11) is 0. The van der Waals surface area contributed by atoms with Gasteiger partial charge in [-0.2, -0.15) is 0 Å². The van der Waals surface area contributed by atoms with Crippen LogP contribution in [0.1, 0.15) is 61.4 Å². The number of hydrogen-bond donors (Lipinski definition) is 1. The van der Waals surface area contributed by atoms with Crippen LogP contribution in [0, 0.1) is 23.4 Å². The average molecular weight is 499 g/mol. The van der Waals surface area contributed by atoms with E-state index in [0.29, 0.717) is 36.3 Å². The first kappa shape index (κ1) is 25.8. The Morgan fingerprint density at radius 3 is 2.22 bits per heavy atom. The Morgan fingerprint density at radius 1 is 0.944 bits per heavy atom. The van der Waals surface area contributed by atoms with E-state index >= 15 is 8.78 Å². The Morgan fingerprint density at radius 2 is 1.61 bits per heavy atom. The zero-order valence-corrected chi connectivity index (χ0v) is 20.3. The molecule has 0 spiro atoms. The predicted molar refractivity (Wildman–Crippen MR) is 131 cm³/mol. The molecule has 1 N–H and O–H groups in total. The Labute approximate surface area is 208 Å². The summed E-state index contributed by atoms with van der Waals surface area (Å²) in [5.41, 5.74) is 0.643. The summed E-state index contributed by atoms with van der Waals surface area (Å²) in [4.78, 5) is 12.4. The van der Waals surface area contributed by atoms with Crippen molar-refractivity contribution in [1.29, 1.82) is 0 Å². The molecule has 1 unspecified atom stereocenters. The summed E-state index contributed by atoms with van der Waals surface area (Å²) in [6, 6.07) is 13.0. The molecule has 4 nitrogen and oxygen atoms in total. The second kappa shape index (κ2) is 11.2. The normalized spacial score (nSPS) is 18.5. The van der Waals surface area contributed by atoms with Crippen LogP contribution in [0.15, 0.2) is 54.6 Å². The van der Waals surface area contributed by atoms with E-state index in [9.17, 15) is 14.3 Å². The molecule has 0 bridgehead atoms. The number of rotatable bonds is 7. The van der Waals surface area contributed by atoms with Crippen LogP contribution in [-0.2, 0) is 0 Å². The quantitative estimate of drug-likeness (QED) is 0.280. The first-order valence-electron chi connectivity index (χ1n) is 12.2. The molecular formula is C29H29F3O4. The van der Waals surface area contributed by atoms with Crippen LogP contribution < -0.4 is 9.47 Å². The fourth-order valence-electron chi connectivity index (χ4n) is 4.80. The maximum atomic E-state index is 15.0. The molecule has 7 heteroatoms. The Kier molecular flexibility index (Phi) is 7.99. The van der Waals surface area contributed by atoms with E-state index in [1.54, 1.807) is 26.0 Å². The molecule has 0 saturated heterocycles. The van der Waals surface area contributed by atoms with E-state index in [4.69, 9.17) is 9.47 Å². The van der Waals surface area contributed by atoms with Gasteiger partial charge in [0.25, 0.3) is 0 Å². The highest BCUT2D eigenvalue weighted by molar-refractivity contribution is 5.91. The van der Waals surface area contributed by atoms with Crippen molar-refractivity contribution in [2.24, 2.45) is 5.92 Å². The molecule has 3 aromatic rings.